The van der Waals surface area contributed by atoms with Gasteiger partial charge in [0, 0.05) is 29.2 Å². The van der Waals surface area contributed by atoms with Gasteiger partial charge in [-0.1, -0.05) is 40.5 Å². The monoisotopic (exact) mass is 557 g/mol. The average molecular weight is 559 g/mol. The van der Waals surface area contributed by atoms with Gasteiger partial charge in [0.25, 0.3) is 0 Å². The highest BCUT2D eigenvalue weighted by atomic mass is 35.5. The lowest BCUT2D eigenvalue weighted by atomic mass is 10.0. The van der Waals surface area contributed by atoms with Crippen molar-refractivity contribution in [2.24, 2.45) is 0 Å². The molecule has 2 aromatic carbocycles. The molecule has 0 radical (unpaired) electrons. The zero-order valence-corrected chi connectivity index (χ0v) is 22.5. The van der Waals surface area contributed by atoms with Crippen molar-refractivity contribution in [2.45, 2.75) is 44.6 Å². The van der Waals surface area contributed by atoms with Crippen molar-refractivity contribution in [3.63, 3.8) is 0 Å². The molecule has 0 aliphatic heterocycles. The smallest absolute Gasteiger partial charge is 0.151 e. The van der Waals surface area contributed by atoms with Gasteiger partial charge in [-0.15, -0.1) is 17.9 Å². The number of rotatable bonds is 12. The molecule has 2 heterocycles. The molecule has 0 amide bonds. The van der Waals surface area contributed by atoms with Gasteiger partial charge in [0.05, 0.1) is 21.3 Å². The van der Waals surface area contributed by atoms with E-state index >= 15 is 0 Å². The molecule has 0 saturated heterocycles. The van der Waals surface area contributed by atoms with E-state index in [1.165, 1.54) is 17.4 Å². The average Bonchev–Trinajstić information content (AvgIpc) is 3.51. The number of unbranched alkanes of at least 4 members (excludes halogenated alkanes) is 1. The number of hydrogen-bond acceptors (Lipinski definition) is 6. The lowest BCUT2D eigenvalue weighted by Crippen LogP contribution is -2.27. The number of halogens is 3. The molecule has 2 aromatic heterocycles. The van der Waals surface area contributed by atoms with Crippen LogP contribution in [0.3, 0.4) is 0 Å². The number of aldehydes is 1. The predicted molar refractivity (Wildman–Crippen MR) is 147 cm³/mol. The fourth-order valence-electron chi connectivity index (χ4n) is 4.53. The number of nitrogens with zero attached hydrogens (tertiary/aromatic N) is 3. The second-order valence-electron chi connectivity index (χ2n) is 9.28. The lowest BCUT2D eigenvalue weighted by Gasteiger charge is -2.21. The van der Waals surface area contributed by atoms with Crippen LogP contribution in [0.25, 0.3) is 21.5 Å². The molecule has 0 spiro atoms. The van der Waals surface area contributed by atoms with Crippen molar-refractivity contribution in [3.8, 4) is 11.3 Å². The van der Waals surface area contributed by atoms with Gasteiger partial charge in [0.1, 0.15) is 28.3 Å². The molecule has 0 N–H and O–H groups in total. The minimum absolute atomic E-state index is 0.308. The molecule has 5 nitrogen and oxygen atoms in total. The predicted octanol–water partition coefficient (Wildman–Crippen LogP) is 8.10. The van der Waals surface area contributed by atoms with Crippen molar-refractivity contribution in [1.29, 1.82) is 0 Å². The quantitative estimate of drug-likeness (QED) is 0.0999. The Balaban J connectivity index is 1.41. The van der Waals surface area contributed by atoms with Crippen LogP contribution in [0, 0.1) is 5.82 Å². The highest BCUT2D eigenvalue weighted by Gasteiger charge is 2.33. The Morgan fingerprint density at radius 3 is 2.70 bits per heavy atom. The van der Waals surface area contributed by atoms with Gasteiger partial charge in [-0.25, -0.2) is 9.37 Å². The van der Waals surface area contributed by atoms with Crippen molar-refractivity contribution >= 4 is 51.0 Å². The summed E-state index contributed by atoms with van der Waals surface area (Å²) in [6.07, 6.45) is 7.28. The molecule has 1 aliphatic rings. The number of thiazole rings is 1. The number of benzene rings is 2. The SMILES string of the molecule is C=CCCCN(CCc1c(-c2c(Cl)cccc2Cl)noc1C1CC1)Cc1nc2c(F)cc(C=O)cc2s1. The Morgan fingerprint density at radius 1 is 1.22 bits per heavy atom. The van der Waals surface area contributed by atoms with E-state index in [0.29, 0.717) is 62.3 Å². The van der Waals surface area contributed by atoms with Gasteiger partial charge >= 0.3 is 0 Å². The Morgan fingerprint density at radius 2 is 2.00 bits per heavy atom. The van der Waals surface area contributed by atoms with E-state index < -0.39 is 5.82 Å². The molecular weight excluding hydrogens is 532 g/mol. The van der Waals surface area contributed by atoms with Gasteiger partial charge < -0.3 is 4.52 Å². The second kappa shape index (κ2) is 11.4. The molecule has 37 heavy (non-hydrogen) atoms. The maximum absolute atomic E-state index is 14.5. The molecule has 0 atom stereocenters. The summed E-state index contributed by atoms with van der Waals surface area (Å²) in [5, 5.41) is 6.29. The van der Waals surface area contributed by atoms with Crippen molar-refractivity contribution in [1.82, 2.24) is 15.0 Å². The number of carbonyl (C=O) groups is 1. The van der Waals surface area contributed by atoms with Crippen LogP contribution in [-0.4, -0.2) is 34.4 Å². The zero-order chi connectivity index (χ0) is 25.9. The number of fused-ring (bicyclic) bond motifs is 1. The molecule has 1 fully saturated rings. The summed E-state index contributed by atoms with van der Waals surface area (Å²) < 4.78 is 21.0. The summed E-state index contributed by atoms with van der Waals surface area (Å²) in [5.74, 6) is 0.826. The van der Waals surface area contributed by atoms with Gasteiger partial charge in [-0.05, 0) is 62.9 Å². The van der Waals surface area contributed by atoms with Gasteiger partial charge in [0.15, 0.2) is 5.82 Å². The van der Waals surface area contributed by atoms with Crippen molar-refractivity contribution in [2.75, 3.05) is 13.1 Å². The molecule has 4 aromatic rings. The maximum Gasteiger partial charge on any atom is 0.151 e. The minimum Gasteiger partial charge on any atom is -0.360 e. The van der Waals surface area contributed by atoms with Gasteiger partial charge in [-0.3, -0.25) is 9.69 Å². The van der Waals surface area contributed by atoms with Crippen molar-refractivity contribution in [3.05, 3.63) is 80.7 Å². The normalized spacial score (nSPS) is 13.5. The summed E-state index contributed by atoms with van der Waals surface area (Å²) in [6, 6.07) is 8.35. The van der Waals surface area contributed by atoms with Gasteiger partial charge in [0.2, 0.25) is 0 Å². The zero-order valence-electron chi connectivity index (χ0n) is 20.2. The topological polar surface area (TPSA) is 59.2 Å². The van der Waals surface area contributed by atoms with Crippen LogP contribution >= 0.6 is 34.5 Å². The summed E-state index contributed by atoms with van der Waals surface area (Å²) in [5.41, 5.74) is 3.06. The van der Waals surface area contributed by atoms with E-state index in [2.05, 4.69) is 21.6 Å². The summed E-state index contributed by atoms with van der Waals surface area (Å²) in [6.45, 7) is 5.96. The number of carbonyl (C=O) groups excluding carboxylic acids is 1. The highest BCUT2D eigenvalue weighted by molar-refractivity contribution is 7.18. The molecule has 1 saturated carbocycles. The van der Waals surface area contributed by atoms with Crippen LogP contribution in [-0.2, 0) is 13.0 Å². The molecule has 1 aliphatic carbocycles. The number of allylic oxidation sites excluding steroid dienone is 1. The molecule has 0 unspecified atom stereocenters. The minimum atomic E-state index is -0.472. The van der Waals surface area contributed by atoms with E-state index in [1.807, 2.05) is 24.3 Å². The Labute approximate surface area is 228 Å². The van der Waals surface area contributed by atoms with Crippen LogP contribution in [0.15, 0.2) is 47.5 Å². The summed E-state index contributed by atoms with van der Waals surface area (Å²) in [4.78, 5) is 18.0. The van der Waals surface area contributed by atoms with E-state index in [9.17, 15) is 9.18 Å². The molecule has 5 rings (SSSR count). The van der Waals surface area contributed by atoms with Gasteiger partial charge in [-0.2, -0.15) is 0 Å². The fourth-order valence-corrected chi connectivity index (χ4v) is 6.18. The third-order valence-electron chi connectivity index (χ3n) is 6.54. The van der Waals surface area contributed by atoms with E-state index in [-0.39, 0.29) is 0 Å². The standard InChI is InChI=1S/C28H26Cl2FN3O2S/c1-2-3-4-11-34(15-24-32-27-22(31)13-17(16-35)14-23(27)37-24)12-10-19-26(33-36-28(19)18-8-9-18)25-20(29)6-5-7-21(25)30/h2,5-7,13-14,16,18H,1,3-4,8-12,15H2. The van der Waals surface area contributed by atoms with E-state index in [4.69, 9.17) is 27.7 Å². The maximum atomic E-state index is 14.5. The number of aromatic nitrogens is 2. The molecular formula is C28H26Cl2FN3O2S. The van der Waals surface area contributed by atoms with Crippen LogP contribution in [0.5, 0.6) is 0 Å². The van der Waals surface area contributed by atoms with E-state index in [1.54, 1.807) is 6.07 Å². The first kappa shape index (κ1) is 26.0. The fraction of sp³-hybridized carbons (Fsp3) is 0.321. The first-order valence-corrected chi connectivity index (χ1v) is 13.9. The molecule has 9 heteroatoms. The first-order valence-electron chi connectivity index (χ1n) is 12.3. The summed E-state index contributed by atoms with van der Waals surface area (Å²) >= 11 is 14.5. The Kier molecular flexibility index (Phi) is 8.05. The number of hydrogen-bond donors (Lipinski definition) is 0. The van der Waals surface area contributed by atoms with Crippen LogP contribution < -0.4 is 0 Å². The third-order valence-corrected chi connectivity index (χ3v) is 8.15. The Hall–Kier alpha value is -2.58. The van der Waals surface area contributed by atoms with E-state index in [0.717, 1.165) is 55.1 Å². The van der Waals surface area contributed by atoms with Crippen LogP contribution in [0.2, 0.25) is 10.0 Å². The van der Waals surface area contributed by atoms with Crippen LogP contribution in [0.1, 0.15) is 58.3 Å². The first-order chi connectivity index (χ1) is 18.0. The van der Waals surface area contributed by atoms with Crippen molar-refractivity contribution < 1.29 is 13.7 Å². The Bertz CT molecular complexity index is 1430. The molecule has 0 bridgehead atoms. The second-order valence-corrected chi connectivity index (χ2v) is 11.2. The highest BCUT2D eigenvalue weighted by Crippen LogP contribution is 2.46. The summed E-state index contributed by atoms with van der Waals surface area (Å²) in [7, 11) is 0. The van der Waals surface area contributed by atoms with Crippen LogP contribution in [0.4, 0.5) is 4.39 Å². The molecule has 192 valence electrons. The lowest BCUT2D eigenvalue weighted by molar-refractivity contribution is 0.112. The largest absolute Gasteiger partial charge is 0.360 e. The third kappa shape index (κ3) is 5.80.